The molecule has 96 valence electrons. The van der Waals surface area contributed by atoms with Crippen LogP contribution in [0.25, 0.3) is 5.82 Å². The molecule has 2 rings (SSSR count). The molecule has 0 radical (unpaired) electrons. The summed E-state index contributed by atoms with van der Waals surface area (Å²) in [5.41, 5.74) is 3.23. The molecule has 4 nitrogen and oxygen atoms in total. The molecule has 0 amide bonds. The van der Waals surface area contributed by atoms with E-state index in [1.165, 1.54) is 0 Å². The molecule has 0 aliphatic carbocycles. The van der Waals surface area contributed by atoms with Crippen LogP contribution in [-0.4, -0.2) is 20.6 Å². The summed E-state index contributed by atoms with van der Waals surface area (Å²) in [5.74, 6) is 0.927. The second-order valence-corrected chi connectivity index (χ2v) is 4.81. The zero-order chi connectivity index (χ0) is 13.1. The highest BCUT2D eigenvalue weighted by molar-refractivity contribution is 5.29. The Balaban J connectivity index is 2.24. The van der Waals surface area contributed by atoms with Gasteiger partial charge < -0.3 is 5.32 Å². The normalized spacial score (nSPS) is 11.2. The highest BCUT2D eigenvalue weighted by Gasteiger charge is 2.06. The monoisotopic (exact) mass is 244 g/mol. The number of hydrogen-bond donors (Lipinski definition) is 1. The van der Waals surface area contributed by atoms with E-state index in [1.807, 2.05) is 36.0 Å². The Morgan fingerprint density at radius 2 is 2.06 bits per heavy atom. The lowest BCUT2D eigenvalue weighted by Crippen LogP contribution is -2.22. The first-order valence-electron chi connectivity index (χ1n) is 6.28. The van der Waals surface area contributed by atoms with Gasteiger partial charge in [0.05, 0.1) is 11.4 Å². The number of aromatic nitrogens is 3. The molecule has 2 aromatic heterocycles. The van der Waals surface area contributed by atoms with E-state index in [0.29, 0.717) is 6.04 Å². The van der Waals surface area contributed by atoms with Gasteiger partial charge in [0.15, 0.2) is 0 Å². The summed E-state index contributed by atoms with van der Waals surface area (Å²) in [6.07, 6.45) is 1.83. The molecule has 2 heterocycles. The van der Waals surface area contributed by atoms with Gasteiger partial charge in [-0.25, -0.2) is 9.97 Å². The Morgan fingerprint density at radius 1 is 1.28 bits per heavy atom. The van der Waals surface area contributed by atoms with Gasteiger partial charge in [-0.3, -0.25) is 4.57 Å². The van der Waals surface area contributed by atoms with Crippen LogP contribution in [0.1, 0.15) is 30.9 Å². The van der Waals surface area contributed by atoms with Crippen molar-refractivity contribution in [3.8, 4) is 5.82 Å². The van der Waals surface area contributed by atoms with Gasteiger partial charge in [-0.1, -0.05) is 19.9 Å². The van der Waals surface area contributed by atoms with E-state index in [0.717, 1.165) is 29.4 Å². The number of aryl methyl sites for hydroxylation is 1. The Hall–Kier alpha value is -1.68. The molecular weight excluding hydrogens is 224 g/mol. The van der Waals surface area contributed by atoms with Gasteiger partial charge in [-0.2, -0.15) is 0 Å². The van der Waals surface area contributed by atoms with E-state index in [2.05, 4.69) is 36.1 Å². The molecule has 0 aliphatic rings. The van der Waals surface area contributed by atoms with Crippen molar-refractivity contribution < 1.29 is 0 Å². The first-order chi connectivity index (χ1) is 8.58. The summed E-state index contributed by atoms with van der Waals surface area (Å²) < 4.78 is 2.02. The van der Waals surface area contributed by atoms with Crippen LogP contribution in [0.2, 0.25) is 0 Å². The minimum atomic E-state index is 0.465. The molecule has 0 aromatic carbocycles. The highest BCUT2D eigenvalue weighted by atomic mass is 15.1. The van der Waals surface area contributed by atoms with E-state index in [4.69, 9.17) is 0 Å². The molecular formula is C14H20N4. The van der Waals surface area contributed by atoms with Crippen LogP contribution >= 0.6 is 0 Å². The molecule has 0 bridgehead atoms. The molecule has 0 saturated heterocycles. The topological polar surface area (TPSA) is 42.7 Å². The first-order valence-corrected chi connectivity index (χ1v) is 6.28. The molecule has 0 aliphatic heterocycles. The second-order valence-electron chi connectivity index (χ2n) is 4.81. The van der Waals surface area contributed by atoms with Crippen LogP contribution in [0, 0.1) is 13.8 Å². The number of imidazole rings is 1. The molecule has 2 aromatic rings. The zero-order valence-electron chi connectivity index (χ0n) is 11.4. The largest absolute Gasteiger partial charge is 0.309 e. The Kier molecular flexibility index (Phi) is 3.77. The minimum absolute atomic E-state index is 0.465. The van der Waals surface area contributed by atoms with Crippen LogP contribution in [0.15, 0.2) is 24.5 Å². The van der Waals surface area contributed by atoms with Gasteiger partial charge in [-0.05, 0) is 26.0 Å². The SMILES string of the molecule is Cc1ncn(-c2cccc(CNC(C)C)n2)c1C. The van der Waals surface area contributed by atoms with Gasteiger partial charge in [-0.15, -0.1) is 0 Å². The predicted octanol–water partition coefficient (Wildman–Crippen LogP) is 2.38. The van der Waals surface area contributed by atoms with E-state index in [1.54, 1.807) is 0 Å². The maximum atomic E-state index is 4.65. The molecule has 0 atom stereocenters. The fourth-order valence-electron chi connectivity index (χ4n) is 1.74. The Bertz CT molecular complexity index is 528. The highest BCUT2D eigenvalue weighted by Crippen LogP contribution is 2.12. The second kappa shape index (κ2) is 5.31. The third-order valence-corrected chi connectivity index (χ3v) is 2.98. The summed E-state index contributed by atoms with van der Waals surface area (Å²) >= 11 is 0. The first kappa shape index (κ1) is 12.8. The molecule has 1 N–H and O–H groups in total. The maximum absolute atomic E-state index is 4.65. The summed E-state index contributed by atoms with van der Waals surface area (Å²) in [6, 6.07) is 6.55. The van der Waals surface area contributed by atoms with E-state index >= 15 is 0 Å². The van der Waals surface area contributed by atoms with Gasteiger partial charge in [0, 0.05) is 18.3 Å². The third-order valence-electron chi connectivity index (χ3n) is 2.98. The lowest BCUT2D eigenvalue weighted by Gasteiger charge is -2.09. The van der Waals surface area contributed by atoms with Crippen molar-refractivity contribution >= 4 is 0 Å². The van der Waals surface area contributed by atoms with Crippen LogP contribution in [0.3, 0.4) is 0 Å². The van der Waals surface area contributed by atoms with Crippen molar-refractivity contribution in [3.05, 3.63) is 41.6 Å². The van der Waals surface area contributed by atoms with Gasteiger partial charge in [0.2, 0.25) is 0 Å². The summed E-state index contributed by atoms with van der Waals surface area (Å²) in [7, 11) is 0. The van der Waals surface area contributed by atoms with Gasteiger partial charge >= 0.3 is 0 Å². The fourth-order valence-corrected chi connectivity index (χ4v) is 1.74. The zero-order valence-corrected chi connectivity index (χ0v) is 11.4. The Morgan fingerprint density at radius 3 is 2.67 bits per heavy atom. The number of pyridine rings is 1. The lowest BCUT2D eigenvalue weighted by molar-refractivity contribution is 0.581. The predicted molar refractivity (Wildman–Crippen MR) is 72.8 cm³/mol. The van der Waals surface area contributed by atoms with Crippen molar-refractivity contribution in [2.75, 3.05) is 0 Å². The number of nitrogens with zero attached hydrogens (tertiary/aromatic N) is 3. The van der Waals surface area contributed by atoms with Crippen molar-refractivity contribution in [1.29, 1.82) is 0 Å². The average molecular weight is 244 g/mol. The molecule has 18 heavy (non-hydrogen) atoms. The summed E-state index contributed by atoms with van der Waals surface area (Å²) in [6.45, 7) is 9.12. The molecule has 0 unspecified atom stereocenters. The molecule has 4 heteroatoms. The van der Waals surface area contributed by atoms with Crippen LogP contribution < -0.4 is 5.32 Å². The standard InChI is InChI=1S/C14H20N4/c1-10(2)15-8-13-6-5-7-14(17-13)18-9-16-11(3)12(18)4/h5-7,9-10,15H,8H2,1-4H3. The Labute approximate surface area is 108 Å². The number of hydrogen-bond acceptors (Lipinski definition) is 3. The summed E-state index contributed by atoms with van der Waals surface area (Å²) in [5, 5.41) is 3.37. The summed E-state index contributed by atoms with van der Waals surface area (Å²) in [4.78, 5) is 8.95. The quantitative estimate of drug-likeness (QED) is 0.898. The average Bonchev–Trinajstić information content (AvgIpc) is 2.68. The van der Waals surface area contributed by atoms with Crippen LogP contribution in [0.4, 0.5) is 0 Å². The van der Waals surface area contributed by atoms with Gasteiger partial charge in [0.1, 0.15) is 12.1 Å². The van der Waals surface area contributed by atoms with Crippen LogP contribution in [-0.2, 0) is 6.54 Å². The molecule has 0 spiro atoms. The lowest BCUT2D eigenvalue weighted by atomic mass is 10.3. The fraction of sp³-hybridized carbons (Fsp3) is 0.429. The van der Waals surface area contributed by atoms with Crippen molar-refractivity contribution in [1.82, 2.24) is 19.9 Å². The number of nitrogens with one attached hydrogen (secondary N) is 1. The maximum Gasteiger partial charge on any atom is 0.138 e. The van der Waals surface area contributed by atoms with Crippen LogP contribution in [0.5, 0.6) is 0 Å². The number of rotatable bonds is 4. The molecule has 0 saturated carbocycles. The molecule has 0 fully saturated rings. The third kappa shape index (κ3) is 2.76. The minimum Gasteiger partial charge on any atom is -0.309 e. The van der Waals surface area contributed by atoms with E-state index in [9.17, 15) is 0 Å². The smallest absolute Gasteiger partial charge is 0.138 e. The van der Waals surface area contributed by atoms with Gasteiger partial charge in [0.25, 0.3) is 0 Å². The van der Waals surface area contributed by atoms with E-state index < -0.39 is 0 Å². The van der Waals surface area contributed by atoms with Crippen molar-refractivity contribution in [2.45, 2.75) is 40.3 Å². The van der Waals surface area contributed by atoms with Crippen molar-refractivity contribution in [2.24, 2.45) is 0 Å². The van der Waals surface area contributed by atoms with E-state index in [-0.39, 0.29) is 0 Å². The van der Waals surface area contributed by atoms with Crippen molar-refractivity contribution in [3.63, 3.8) is 0 Å².